The third kappa shape index (κ3) is 3.68. The van der Waals surface area contributed by atoms with E-state index >= 15 is 0 Å². The molecule has 1 aliphatic heterocycles. The summed E-state index contributed by atoms with van der Waals surface area (Å²) in [6, 6.07) is 9.62. The number of piperidine rings is 1. The minimum absolute atomic E-state index is 0.157. The summed E-state index contributed by atoms with van der Waals surface area (Å²) in [7, 11) is 0. The van der Waals surface area contributed by atoms with Crippen molar-refractivity contribution in [1.82, 2.24) is 9.88 Å². The second-order valence-electron chi connectivity index (χ2n) is 6.68. The van der Waals surface area contributed by atoms with Crippen molar-refractivity contribution < 1.29 is 4.79 Å². The average molecular weight is 343 g/mol. The van der Waals surface area contributed by atoms with Crippen molar-refractivity contribution >= 4 is 17.2 Å². The average Bonchev–Trinajstić information content (AvgIpc) is 3.07. The molecule has 5 heteroatoms. The lowest BCUT2D eigenvalue weighted by molar-refractivity contribution is -0.137. The molecular formula is C19H25N3OS. The summed E-state index contributed by atoms with van der Waals surface area (Å²) >= 11 is 1.71. The number of amides is 1. The van der Waals surface area contributed by atoms with Gasteiger partial charge in [0.25, 0.3) is 0 Å². The van der Waals surface area contributed by atoms with Crippen molar-refractivity contribution in [1.29, 1.82) is 0 Å². The lowest BCUT2D eigenvalue weighted by atomic mass is 9.92. The second kappa shape index (κ2) is 7.45. The molecule has 1 saturated heterocycles. The Morgan fingerprint density at radius 3 is 2.79 bits per heavy atom. The van der Waals surface area contributed by atoms with Crippen molar-refractivity contribution in [2.75, 3.05) is 13.1 Å². The molecule has 24 heavy (non-hydrogen) atoms. The van der Waals surface area contributed by atoms with Crippen LogP contribution in [0, 0.1) is 12.8 Å². The van der Waals surface area contributed by atoms with E-state index in [1.165, 1.54) is 0 Å². The molecule has 1 aromatic heterocycles. The van der Waals surface area contributed by atoms with Crippen molar-refractivity contribution in [3.8, 4) is 0 Å². The van der Waals surface area contributed by atoms with Crippen LogP contribution in [-0.2, 0) is 4.79 Å². The van der Waals surface area contributed by atoms with Crippen molar-refractivity contribution in [3.05, 3.63) is 52.0 Å². The highest BCUT2D eigenvalue weighted by molar-refractivity contribution is 7.09. The van der Waals surface area contributed by atoms with Crippen LogP contribution in [0.4, 0.5) is 0 Å². The number of hydrogen-bond acceptors (Lipinski definition) is 4. The molecular weight excluding hydrogens is 318 g/mol. The Morgan fingerprint density at radius 1 is 1.38 bits per heavy atom. The smallest absolute Gasteiger partial charge is 0.227 e. The number of nitrogens with zero attached hydrogens (tertiary/aromatic N) is 2. The fourth-order valence-corrected chi connectivity index (χ4v) is 4.27. The van der Waals surface area contributed by atoms with E-state index < -0.39 is 0 Å². The summed E-state index contributed by atoms with van der Waals surface area (Å²) < 4.78 is 0. The predicted octanol–water partition coefficient (Wildman–Crippen LogP) is 3.49. The minimum atomic E-state index is -0.263. The minimum Gasteiger partial charge on any atom is -0.342 e. The van der Waals surface area contributed by atoms with Crippen LogP contribution in [0.1, 0.15) is 48.0 Å². The monoisotopic (exact) mass is 343 g/mol. The molecule has 3 unspecified atom stereocenters. The Morgan fingerprint density at radius 2 is 2.12 bits per heavy atom. The molecule has 1 aliphatic rings. The van der Waals surface area contributed by atoms with Gasteiger partial charge in [0.15, 0.2) is 0 Å². The Hall–Kier alpha value is -1.72. The fourth-order valence-electron chi connectivity index (χ4n) is 3.34. The topological polar surface area (TPSA) is 59.2 Å². The third-order valence-corrected chi connectivity index (χ3v) is 5.96. The van der Waals surface area contributed by atoms with Crippen LogP contribution < -0.4 is 5.73 Å². The molecule has 3 rings (SSSR count). The number of thiazole rings is 1. The van der Waals surface area contributed by atoms with Gasteiger partial charge in [-0.25, -0.2) is 4.98 Å². The highest BCUT2D eigenvalue weighted by atomic mass is 32.1. The molecule has 1 amide bonds. The first-order chi connectivity index (χ1) is 11.6. The molecule has 0 radical (unpaired) electrons. The van der Waals surface area contributed by atoms with Crippen molar-refractivity contribution in [3.63, 3.8) is 0 Å². The molecule has 1 fully saturated rings. The Bertz CT molecular complexity index is 685. The van der Waals surface area contributed by atoms with E-state index in [9.17, 15) is 4.79 Å². The van der Waals surface area contributed by atoms with E-state index in [4.69, 9.17) is 5.73 Å². The van der Waals surface area contributed by atoms with E-state index in [1.54, 1.807) is 11.3 Å². The summed E-state index contributed by atoms with van der Waals surface area (Å²) in [5.41, 5.74) is 8.42. The first-order valence-electron chi connectivity index (χ1n) is 8.57. The van der Waals surface area contributed by atoms with Crippen LogP contribution in [-0.4, -0.2) is 28.9 Å². The SMILES string of the molecule is Cc1csc(C2CCCN(C(=O)C(C)C(N)c3ccccc3)C2)n1. The number of carbonyl (C=O) groups excluding carboxylic acids is 1. The maximum Gasteiger partial charge on any atom is 0.227 e. The van der Waals surface area contributed by atoms with Crippen LogP contribution in [0.25, 0.3) is 0 Å². The fraction of sp³-hybridized carbons (Fsp3) is 0.474. The quantitative estimate of drug-likeness (QED) is 0.924. The first-order valence-corrected chi connectivity index (χ1v) is 9.45. The molecule has 1 aromatic carbocycles. The highest BCUT2D eigenvalue weighted by Gasteiger charge is 2.31. The van der Waals surface area contributed by atoms with Gasteiger partial charge in [-0.05, 0) is 25.3 Å². The number of aryl methyl sites for hydroxylation is 1. The molecule has 2 heterocycles. The molecule has 0 aliphatic carbocycles. The van der Waals surface area contributed by atoms with Crippen molar-refractivity contribution in [2.24, 2.45) is 11.7 Å². The van der Waals surface area contributed by atoms with Gasteiger partial charge in [0.1, 0.15) is 0 Å². The van der Waals surface area contributed by atoms with Crippen LogP contribution in [0.5, 0.6) is 0 Å². The zero-order valence-electron chi connectivity index (χ0n) is 14.3. The summed E-state index contributed by atoms with van der Waals surface area (Å²) in [6.07, 6.45) is 2.14. The number of nitrogens with two attached hydrogens (primary N) is 1. The van der Waals surface area contributed by atoms with E-state index in [-0.39, 0.29) is 17.9 Å². The number of carbonyl (C=O) groups is 1. The zero-order valence-corrected chi connectivity index (χ0v) is 15.1. The largest absolute Gasteiger partial charge is 0.342 e. The number of rotatable bonds is 4. The molecule has 2 N–H and O–H groups in total. The van der Waals surface area contributed by atoms with Crippen LogP contribution >= 0.6 is 11.3 Å². The van der Waals surface area contributed by atoms with E-state index in [1.807, 2.05) is 49.1 Å². The summed E-state index contributed by atoms with van der Waals surface area (Å²) in [4.78, 5) is 19.5. The Balaban J connectivity index is 1.67. The number of benzene rings is 1. The first kappa shape index (κ1) is 17.1. The van der Waals surface area contributed by atoms with Gasteiger partial charge < -0.3 is 10.6 Å². The maximum absolute atomic E-state index is 12.9. The molecule has 2 aromatic rings. The molecule has 0 saturated carbocycles. The predicted molar refractivity (Wildman–Crippen MR) is 97.9 cm³/mol. The van der Waals surface area contributed by atoms with Gasteiger partial charge in [-0.2, -0.15) is 0 Å². The normalized spacial score (nSPS) is 20.6. The van der Waals surface area contributed by atoms with Crippen LogP contribution in [0.15, 0.2) is 35.7 Å². The Labute approximate surface area is 147 Å². The Kier molecular flexibility index (Phi) is 5.31. The van der Waals surface area contributed by atoms with E-state index in [0.29, 0.717) is 5.92 Å². The number of likely N-dealkylation sites (tertiary alicyclic amines) is 1. The van der Waals surface area contributed by atoms with E-state index in [2.05, 4.69) is 10.4 Å². The molecule has 4 nitrogen and oxygen atoms in total. The van der Waals surface area contributed by atoms with Crippen molar-refractivity contribution in [2.45, 2.75) is 38.6 Å². The standard InChI is InChI=1S/C19H25N3OS/c1-13-12-24-18(21-13)16-9-6-10-22(11-16)19(23)14(2)17(20)15-7-4-3-5-8-15/h3-5,7-8,12,14,16-17H,6,9-11,20H2,1-2H3. The number of aromatic nitrogens is 1. The lowest BCUT2D eigenvalue weighted by Gasteiger charge is -2.34. The van der Waals surface area contributed by atoms with Gasteiger partial charge in [0, 0.05) is 36.1 Å². The summed E-state index contributed by atoms with van der Waals surface area (Å²) in [5.74, 6) is 0.301. The maximum atomic E-state index is 12.9. The van der Waals surface area contributed by atoms with Gasteiger partial charge >= 0.3 is 0 Å². The highest BCUT2D eigenvalue weighted by Crippen LogP contribution is 2.31. The van der Waals surface area contributed by atoms with Gasteiger partial charge in [0.2, 0.25) is 5.91 Å². The lowest BCUT2D eigenvalue weighted by Crippen LogP contribution is -2.44. The summed E-state index contributed by atoms with van der Waals surface area (Å²) in [6.45, 7) is 5.55. The van der Waals surface area contributed by atoms with Crippen LogP contribution in [0.2, 0.25) is 0 Å². The molecule has 0 bridgehead atoms. The molecule has 128 valence electrons. The van der Waals surface area contributed by atoms with Gasteiger partial charge in [-0.3, -0.25) is 4.79 Å². The molecule has 3 atom stereocenters. The van der Waals surface area contributed by atoms with Crippen LogP contribution in [0.3, 0.4) is 0 Å². The number of hydrogen-bond donors (Lipinski definition) is 1. The molecule has 0 spiro atoms. The zero-order chi connectivity index (χ0) is 17.1. The second-order valence-corrected chi connectivity index (χ2v) is 7.57. The van der Waals surface area contributed by atoms with Gasteiger partial charge in [-0.1, -0.05) is 37.3 Å². The van der Waals surface area contributed by atoms with Gasteiger partial charge in [0.05, 0.1) is 10.9 Å². The van der Waals surface area contributed by atoms with Gasteiger partial charge in [-0.15, -0.1) is 11.3 Å². The third-order valence-electron chi connectivity index (χ3n) is 4.83. The van der Waals surface area contributed by atoms with E-state index in [0.717, 1.165) is 42.2 Å². The summed E-state index contributed by atoms with van der Waals surface area (Å²) in [5, 5.41) is 3.24.